The molecule has 1 aromatic heterocycles. The van der Waals surface area contributed by atoms with Gasteiger partial charge in [0.05, 0.1) is 24.3 Å². The molecule has 10 nitrogen and oxygen atoms in total. The van der Waals surface area contributed by atoms with E-state index in [0.717, 1.165) is 35.3 Å². The lowest BCUT2D eigenvalue weighted by Gasteiger charge is -2.30. The maximum Gasteiger partial charge on any atom is 0.271 e. The van der Waals surface area contributed by atoms with Crippen molar-refractivity contribution in [2.24, 2.45) is 5.92 Å². The molecule has 0 radical (unpaired) electrons. The molecule has 3 aromatic rings. The van der Waals surface area contributed by atoms with Crippen LogP contribution in [-0.4, -0.2) is 59.9 Å². The van der Waals surface area contributed by atoms with E-state index in [2.05, 4.69) is 20.3 Å². The Hall–Kier alpha value is -3.46. The molecular weight excluding hydrogens is 554 g/mol. The fourth-order valence-electron chi connectivity index (χ4n) is 3.70. The van der Waals surface area contributed by atoms with Crippen LogP contribution in [-0.2, 0) is 27.8 Å². The minimum absolute atomic E-state index is 0.0722. The van der Waals surface area contributed by atoms with Crippen LogP contribution in [0.4, 0.5) is 13.9 Å². The number of aliphatic hydroxyl groups is 2. The average Bonchev–Trinajstić information content (AvgIpc) is 3.32. The molecule has 4 unspecified atom stereocenters. The maximum absolute atomic E-state index is 13.8. The first kappa shape index (κ1) is 30.1. The van der Waals surface area contributed by atoms with Gasteiger partial charge in [0.25, 0.3) is 5.91 Å². The van der Waals surface area contributed by atoms with Gasteiger partial charge in [-0.2, -0.15) is 0 Å². The number of benzene rings is 2. The van der Waals surface area contributed by atoms with E-state index in [9.17, 15) is 37.0 Å². The Morgan fingerprint density at radius 1 is 1.03 bits per heavy atom. The van der Waals surface area contributed by atoms with Gasteiger partial charge in [0.15, 0.2) is 5.13 Å². The van der Waals surface area contributed by atoms with Crippen LogP contribution in [0.5, 0.6) is 0 Å². The number of aliphatic hydroxyl groups excluding tert-OH is 2. The summed E-state index contributed by atoms with van der Waals surface area (Å²) in [5.74, 6) is -4.30. The number of nitrogens with one attached hydrogen (secondary N) is 3. The van der Waals surface area contributed by atoms with E-state index in [1.54, 1.807) is 24.3 Å². The average molecular weight is 583 g/mol. The second kappa shape index (κ2) is 13.1. The van der Waals surface area contributed by atoms with Crippen molar-refractivity contribution in [1.82, 2.24) is 15.6 Å². The van der Waals surface area contributed by atoms with Crippen molar-refractivity contribution in [3.63, 3.8) is 0 Å². The summed E-state index contributed by atoms with van der Waals surface area (Å²) >= 11 is 0.841. The molecule has 2 aromatic carbocycles. The van der Waals surface area contributed by atoms with E-state index in [4.69, 9.17) is 0 Å². The lowest BCUT2D eigenvalue weighted by atomic mass is 9.90. The van der Waals surface area contributed by atoms with E-state index >= 15 is 0 Å². The first-order valence-electron chi connectivity index (χ1n) is 11.7. The minimum atomic E-state index is -3.64. The third-order valence-electron chi connectivity index (χ3n) is 5.70. The topological polar surface area (TPSA) is 158 Å². The van der Waals surface area contributed by atoms with Gasteiger partial charge in [-0.1, -0.05) is 37.3 Å². The minimum Gasteiger partial charge on any atom is -0.390 e. The third-order valence-corrected chi connectivity index (χ3v) is 7.15. The number of carbonyl (C=O) groups excluding carboxylic acids is 2. The summed E-state index contributed by atoms with van der Waals surface area (Å²) in [5, 5.41) is 28.2. The van der Waals surface area contributed by atoms with Gasteiger partial charge >= 0.3 is 0 Å². The van der Waals surface area contributed by atoms with Crippen LogP contribution < -0.4 is 15.4 Å². The van der Waals surface area contributed by atoms with Crippen molar-refractivity contribution >= 4 is 38.3 Å². The second-order valence-corrected chi connectivity index (χ2v) is 11.6. The number of rotatable bonds is 12. The van der Waals surface area contributed by atoms with Crippen molar-refractivity contribution in [3.8, 4) is 0 Å². The van der Waals surface area contributed by atoms with Crippen molar-refractivity contribution in [3.05, 3.63) is 82.4 Å². The highest BCUT2D eigenvalue weighted by atomic mass is 32.2. The first-order valence-corrected chi connectivity index (χ1v) is 14.5. The van der Waals surface area contributed by atoms with E-state index < -0.39 is 57.6 Å². The van der Waals surface area contributed by atoms with Gasteiger partial charge in [-0.05, 0) is 29.7 Å². The summed E-state index contributed by atoms with van der Waals surface area (Å²) in [4.78, 5) is 29.4. The van der Waals surface area contributed by atoms with Gasteiger partial charge in [-0.25, -0.2) is 22.2 Å². The molecule has 0 aliphatic rings. The molecular formula is C25H28F2N4O6S2. The Labute approximate surface area is 228 Å². The molecule has 1 heterocycles. The highest BCUT2D eigenvalue weighted by molar-refractivity contribution is 7.92. The van der Waals surface area contributed by atoms with Crippen LogP contribution in [0.1, 0.15) is 28.5 Å². The zero-order valence-corrected chi connectivity index (χ0v) is 22.6. The van der Waals surface area contributed by atoms with E-state index in [-0.39, 0.29) is 29.4 Å². The summed E-state index contributed by atoms with van der Waals surface area (Å²) in [5.41, 5.74) is 0.694. The molecule has 14 heteroatoms. The van der Waals surface area contributed by atoms with Gasteiger partial charge in [-0.3, -0.25) is 14.3 Å². The molecule has 4 atom stereocenters. The summed E-state index contributed by atoms with van der Waals surface area (Å²) in [7, 11) is -3.64. The van der Waals surface area contributed by atoms with Crippen LogP contribution in [0.2, 0.25) is 0 Å². The van der Waals surface area contributed by atoms with E-state index in [0.29, 0.717) is 6.07 Å². The lowest BCUT2D eigenvalue weighted by Crippen LogP contribution is -2.53. The Kier molecular flexibility index (Phi) is 10.1. The second-order valence-electron chi connectivity index (χ2n) is 8.95. The lowest BCUT2D eigenvalue weighted by molar-refractivity contribution is -0.131. The number of amides is 2. The maximum atomic E-state index is 13.8. The Morgan fingerprint density at radius 2 is 1.67 bits per heavy atom. The number of carbonyl (C=O) groups is 2. The molecule has 210 valence electrons. The molecule has 0 fully saturated rings. The Balaban J connectivity index is 1.77. The number of hydrogen-bond donors (Lipinski definition) is 5. The van der Waals surface area contributed by atoms with Gasteiger partial charge in [0, 0.05) is 18.0 Å². The molecule has 0 aliphatic heterocycles. The molecule has 0 saturated heterocycles. The number of anilines is 1. The molecule has 3 rings (SSSR count). The fraction of sp³-hybridized carbons (Fsp3) is 0.320. The summed E-state index contributed by atoms with van der Waals surface area (Å²) in [6.45, 7) is 1.57. The molecule has 5 N–H and O–H groups in total. The normalized spacial score (nSPS) is 14.6. The molecule has 0 bridgehead atoms. The molecule has 0 spiro atoms. The van der Waals surface area contributed by atoms with Gasteiger partial charge in [-0.15, -0.1) is 11.3 Å². The largest absolute Gasteiger partial charge is 0.390 e. The smallest absolute Gasteiger partial charge is 0.271 e. The van der Waals surface area contributed by atoms with Crippen LogP contribution in [0.25, 0.3) is 0 Å². The van der Waals surface area contributed by atoms with Crippen molar-refractivity contribution in [2.45, 2.75) is 38.1 Å². The molecule has 0 saturated carbocycles. The Morgan fingerprint density at radius 3 is 2.28 bits per heavy atom. The van der Waals surface area contributed by atoms with E-state index in [1.807, 2.05) is 6.07 Å². The zero-order chi connectivity index (χ0) is 28.7. The van der Waals surface area contributed by atoms with Crippen LogP contribution in [0, 0.1) is 17.6 Å². The first-order chi connectivity index (χ1) is 18.3. The number of halogens is 2. The highest BCUT2D eigenvalue weighted by Gasteiger charge is 2.35. The zero-order valence-electron chi connectivity index (χ0n) is 21.0. The summed E-state index contributed by atoms with van der Waals surface area (Å²) in [6, 6.07) is 10.4. The predicted molar refractivity (Wildman–Crippen MR) is 141 cm³/mol. The third kappa shape index (κ3) is 9.06. The van der Waals surface area contributed by atoms with Crippen LogP contribution >= 0.6 is 11.3 Å². The Bertz CT molecular complexity index is 1380. The summed E-state index contributed by atoms with van der Waals surface area (Å²) < 4.78 is 52.6. The highest BCUT2D eigenvalue weighted by Crippen LogP contribution is 2.20. The quantitative estimate of drug-likeness (QED) is 0.218. The number of hydrogen-bond acceptors (Lipinski definition) is 8. The fourth-order valence-corrected chi connectivity index (χ4v) is 5.24. The van der Waals surface area contributed by atoms with Gasteiger partial charge < -0.3 is 20.8 Å². The van der Waals surface area contributed by atoms with E-state index in [1.165, 1.54) is 12.3 Å². The van der Waals surface area contributed by atoms with Gasteiger partial charge in [0.2, 0.25) is 15.9 Å². The monoisotopic (exact) mass is 582 g/mol. The number of sulfonamides is 1. The molecule has 39 heavy (non-hydrogen) atoms. The molecule has 2 amide bonds. The standard InChI is InChI=1S/C25H28F2N4O6S2/c1-14(23(34)28-12-15-6-4-3-5-7-15)21(32)22(33)19(10-16-8-17(26)11-18(27)9-16)29-24(35)20-13-38-25(30-20)31-39(2,36)37/h3-9,11,13-14,19,21-22,32-33H,10,12H2,1-2H3,(H,28,34)(H,29,35)(H,30,31). The number of thiazole rings is 1. The summed E-state index contributed by atoms with van der Waals surface area (Å²) in [6.07, 6.45) is -2.82. The SMILES string of the molecule is CC(C(=O)NCc1ccccc1)C(O)C(O)C(Cc1cc(F)cc(F)c1)NC(=O)c1csc(NS(C)(=O)=O)n1. The number of nitrogens with zero attached hydrogens (tertiary/aromatic N) is 1. The predicted octanol–water partition coefficient (Wildman–Crippen LogP) is 1.81. The van der Waals surface area contributed by atoms with Crippen molar-refractivity contribution in [2.75, 3.05) is 11.0 Å². The molecule has 0 aliphatic carbocycles. The van der Waals surface area contributed by atoms with Gasteiger partial charge in [0.1, 0.15) is 23.4 Å². The van der Waals surface area contributed by atoms with Crippen molar-refractivity contribution < 1.29 is 37.0 Å². The number of aromatic nitrogens is 1. The van der Waals surface area contributed by atoms with Crippen LogP contribution in [0.15, 0.2) is 53.9 Å². The van der Waals surface area contributed by atoms with Crippen molar-refractivity contribution in [1.29, 1.82) is 0 Å². The van der Waals surface area contributed by atoms with Crippen LogP contribution in [0.3, 0.4) is 0 Å².